The summed E-state index contributed by atoms with van der Waals surface area (Å²) in [5.74, 6) is 0. The minimum Gasteiger partial charge on any atom is -0.351 e. The SMILES string of the molecule is Cc1cc(-c2cccn2C)c(S(=O)(=O)NCCCc2ccccn2)cc1C. The summed E-state index contributed by atoms with van der Waals surface area (Å²) in [6.07, 6.45) is 5.10. The maximum Gasteiger partial charge on any atom is 0.241 e. The summed E-state index contributed by atoms with van der Waals surface area (Å²) in [5.41, 5.74) is 4.60. The fourth-order valence-electron chi connectivity index (χ4n) is 3.05. The van der Waals surface area contributed by atoms with E-state index in [0.29, 0.717) is 17.9 Å². The lowest BCUT2D eigenvalue weighted by Gasteiger charge is -2.15. The van der Waals surface area contributed by atoms with Crippen molar-refractivity contribution in [3.63, 3.8) is 0 Å². The number of hydrogen-bond acceptors (Lipinski definition) is 3. The fraction of sp³-hybridized carbons (Fsp3) is 0.286. The molecule has 0 fully saturated rings. The normalized spacial score (nSPS) is 11.7. The average molecular weight is 384 g/mol. The van der Waals surface area contributed by atoms with E-state index in [0.717, 1.165) is 34.5 Å². The van der Waals surface area contributed by atoms with Crippen LogP contribution in [0.25, 0.3) is 11.3 Å². The van der Waals surface area contributed by atoms with Crippen molar-refractivity contribution in [2.45, 2.75) is 31.6 Å². The Bertz CT molecular complexity index is 1020. The molecule has 6 heteroatoms. The molecule has 27 heavy (non-hydrogen) atoms. The number of sulfonamides is 1. The number of aromatic nitrogens is 2. The molecule has 0 saturated heterocycles. The molecule has 2 aromatic heterocycles. The van der Waals surface area contributed by atoms with Gasteiger partial charge in [0.05, 0.1) is 4.90 Å². The maximum atomic E-state index is 13.0. The second-order valence-corrected chi connectivity index (χ2v) is 8.49. The highest BCUT2D eigenvalue weighted by Crippen LogP contribution is 2.30. The van der Waals surface area contributed by atoms with E-state index in [1.807, 2.05) is 68.1 Å². The highest BCUT2D eigenvalue weighted by Gasteiger charge is 2.21. The van der Waals surface area contributed by atoms with Crippen LogP contribution >= 0.6 is 0 Å². The van der Waals surface area contributed by atoms with Gasteiger partial charge in [-0.25, -0.2) is 13.1 Å². The van der Waals surface area contributed by atoms with Crippen LogP contribution in [0.5, 0.6) is 0 Å². The second-order valence-electron chi connectivity index (χ2n) is 6.76. The molecule has 3 aromatic rings. The predicted molar refractivity (Wildman–Crippen MR) is 108 cm³/mol. The van der Waals surface area contributed by atoms with Crippen LogP contribution in [0.2, 0.25) is 0 Å². The van der Waals surface area contributed by atoms with Gasteiger partial charge in [0.15, 0.2) is 0 Å². The first-order valence-electron chi connectivity index (χ1n) is 9.01. The predicted octanol–water partition coefficient (Wildman–Crippen LogP) is 3.62. The molecule has 1 N–H and O–H groups in total. The third kappa shape index (κ3) is 4.46. The first-order chi connectivity index (χ1) is 12.9. The number of hydrogen-bond donors (Lipinski definition) is 1. The minimum atomic E-state index is -3.61. The van der Waals surface area contributed by atoms with Gasteiger partial charge in [0.1, 0.15) is 0 Å². The molecular weight excluding hydrogens is 358 g/mol. The van der Waals surface area contributed by atoms with Crippen LogP contribution in [0.3, 0.4) is 0 Å². The van der Waals surface area contributed by atoms with Crippen LogP contribution in [-0.2, 0) is 23.5 Å². The van der Waals surface area contributed by atoms with Gasteiger partial charge in [-0.1, -0.05) is 6.07 Å². The first-order valence-corrected chi connectivity index (χ1v) is 10.5. The summed E-state index contributed by atoms with van der Waals surface area (Å²) in [4.78, 5) is 4.59. The van der Waals surface area contributed by atoms with Crippen molar-refractivity contribution in [1.82, 2.24) is 14.3 Å². The Morgan fingerprint density at radius 2 is 1.85 bits per heavy atom. The number of nitrogens with one attached hydrogen (secondary N) is 1. The Labute approximate surface area is 161 Å². The van der Waals surface area contributed by atoms with Crippen molar-refractivity contribution in [2.24, 2.45) is 7.05 Å². The topological polar surface area (TPSA) is 64.0 Å². The van der Waals surface area contributed by atoms with Crippen LogP contribution in [0.1, 0.15) is 23.2 Å². The van der Waals surface area contributed by atoms with Crippen molar-refractivity contribution in [3.05, 3.63) is 71.7 Å². The van der Waals surface area contributed by atoms with Crippen LogP contribution < -0.4 is 4.72 Å². The third-order valence-corrected chi connectivity index (χ3v) is 6.23. The molecule has 0 amide bonds. The zero-order valence-corrected chi connectivity index (χ0v) is 16.8. The van der Waals surface area contributed by atoms with Gasteiger partial charge in [0.25, 0.3) is 0 Å². The molecule has 1 aromatic carbocycles. The van der Waals surface area contributed by atoms with Crippen LogP contribution in [-0.4, -0.2) is 24.5 Å². The molecule has 0 radical (unpaired) electrons. The summed E-state index contributed by atoms with van der Waals surface area (Å²) < 4.78 is 30.7. The molecule has 0 bridgehead atoms. The van der Waals surface area contributed by atoms with E-state index in [-0.39, 0.29) is 0 Å². The van der Waals surface area contributed by atoms with Crippen LogP contribution in [0, 0.1) is 13.8 Å². The summed E-state index contributed by atoms with van der Waals surface area (Å²) in [6.45, 7) is 4.31. The third-order valence-electron chi connectivity index (χ3n) is 4.73. The maximum absolute atomic E-state index is 13.0. The Balaban J connectivity index is 1.81. The number of rotatable bonds is 7. The number of benzene rings is 1. The van der Waals surface area contributed by atoms with Crippen molar-refractivity contribution in [2.75, 3.05) is 6.54 Å². The van der Waals surface area contributed by atoms with Crippen molar-refractivity contribution in [1.29, 1.82) is 0 Å². The van der Waals surface area contributed by atoms with E-state index in [2.05, 4.69) is 9.71 Å². The monoisotopic (exact) mass is 383 g/mol. The smallest absolute Gasteiger partial charge is 0.241 e. The molecule has 0 atom stereocenters. The summed E-state index contributed by atoms with van der Waals surface area (Å²) >= 11 is 0. The minimum absolute atomic E-state index is 0.324. The van der Waals surface area contributed by atoms with Gasteiger partial charge in [0, 0.05) is 42.9 Å². The van der Waals surface area contributed by atoms with Gasteiger partial charge in [-0.2, -0.15) is 0 Å². The molecule has 0 aliphatic rings. The van der Waals surface area contributed by atoms with Crippen molar-refractivity contribution >= 4 is 10.0 Å². The Kier molecular flexibility index (Phi) is 5.77. The molecule has 0 aliphatic heterocycles. The van der Waals surface area contributed by atoms with E-state index < -0.39 is 10.0 Å². The molecule has 2 heterocycles. The van der Waals surface area contributed by atoms with Gasteiger partial charge in [-0.3, -0.25) is 4.98 Å². The first kappa shape index (κ1) is 19.3. The molecule has 5 nitrogen and oxygen atoms in total. The zero-order valence-electron chi connectivity index (χ0n) is 15.9. The van der Waals surface area contributed by atoms with E-state index >= 15 is 0 Å². The molecule has 0 spiro atoms. The quantitative estimate of drug-likeness (QED) is 0.634. The second kappa shape index (κ2) is 8.06. The standard InChI is InChI=1S/C21H25N3O2S/c1-16-14-19(20-10-7-13-24(20)3)21(15-17(16)2)27(25,26)23-12-6-9-18-8-4-5-11-22-18/h4-5,7-8,10-11,13-15,23H,6,9,12H2,1-3H3. The molecular formula is C21H25N3O2S. The highest BCUT2D eigenvalue weighted by atomic mass is 32.2. The number of nitrogens with zero attached hydrogens (tertiary/aromatic N) is 2. The van der Waals surface area contributed by atoms with Gasteiger partial charge in [0.2, 0.25) is 10.0 Å². The zero-order chi connectivity index (χ0) is 19.4. The summed E-state index contributed by atoms with van der Waals surface area (Å²) in [7, 11) is -1.69. The Morgan fingerprint density at radius 3 is 2.52 bits per heavy atom. The Morgan fingerprint density at radius 1 is 1.07 bits per heavy atom. The highest BCUT2D eigenvalue weighted by molar-refractivity contribution is 7.89. The van der Waals surface area contributed by atoms with Crippen LogP contribution in [0.4, 0.5) is 0 Å². The van der Waals surface area contributed by atoms with E-state index in [4.69, 9.17) is 0 Å². The largest absolute Gasteiger partial charge is 0.351 e. The average Bonchev–Trinajstić information content (AvgIpc) is 3.07. The van der Waals surface area contributed by atoms with Gasteiger partial charge < -0.3 is 4.57 Å². The molecule has 3 rings (SSSR count). The Hall–Kier alpha value is -2.44. The van der Waals surface area contributed by atoms with Crippen LogP contribution in [0.15, 0.2) is 59.8 Å². The molecule has 142 valence electrons. The summed E-state index contributed by atoms with van der Waals surface area (Å²) in [5, 5.41) is 0. The van der Waals surface area contributed by atoms with Gasteiger partial charge in [-0.05, 0) is 74.2 Å². The van der Waals surface area contributed by atoms with Gasteiger partial charge >= 0.3 is 0 Å². The van der Waals surface area contributed by atoms with Gasteiger partial charge in [-0.15, -0.1) is 0 Å². The lowest BCUT2D eigenvalue weighted by atomic mass is 10.0. The molecule has 0 aliphatic carbocycles. The lowest BCUT2D eigenvalue weighted by molar-refractivity contribution is 0.578. The summed E-state index contributed by atoms with van der Waals surface area (Å²) in [6, 6.07) is 13.3. The van der Waals surface area contributed by atoms with Crippen molar-refractivity contribution < 1.29 is 8.42 Å². The van der Waals surface area contributed by atoms with Crippen molar-refractivity contribution in [3.8, 4) is 11.3 Å². The van der Waals surface area contributed by atoms with E-state index in [1.165, 1.54) is 0 Å². The van der Waals surface area contributed by atoms with E-state index in [1.54, 1.807) is 12.3 Å². The fourth-order valence-corrected chi connectivity index (χ4v) is 4.41. The molecule has 0 saturated carbocycles. The lowest BCUT2D eigenvalue weighted by Crippen LogP contribution is -2.26. The molecule has 0 unspecified atom stereocenters. The number of aryl methyl sites for hydroxylation is 4. The van der Waals surface area contributed by atoms with E-state index in [9.17, 15) is 8.42 Å². The number of pyridine rings is 1.